The molecule has 0 fully saturated rings. The Hall–Kier alpha value is -3.08. The molecule has 3 rings (SSSR count). The second-order valence-corrected chi connectivity index (χ2v) is 5.12. The number of Topliss-reactive ketones (excluding diaryl/α,β-unsaturated/α-hetero) is 1. The highest BCUT2D eigenvalue weighted by molar-refractivity contribution is 5.99. The lowest BCUT2D eigenvalue weighted by Crippen LogP contribution is -2.04. The molecule has 23 heavy (non-hydrogen) atoms. The minimum absolute atomic E-state index is 0.00704. The molecule has 0 aliphatic rings. The van der Waals surface area contributed by atoms with E-state index >= 15 is 0 Å². The Morgan fingerprint density at radius 3 is 2.61 bits per heavy atom. The van der Waals surface area contributed by atoms with Crippen molar-refractivity contribution in [1.29, 1.82) is 0 Å². The van der Waals surface area contributed by atoms with Gasteiger partial charge in [-0.2, -0.15) is 5.10 Å². The summed E-state index contributed by atoms with van der Waals surface area (Å²) in [5, 5.41) is 16.8. The molecule has 0 radical (unpaired) electrons. The van der Waals surface area contributed by atoms with Gasteiger partial charge in [-0.15, -0.1) is 0 Å². The lowest BCUT2D eigenvalue weighted by molar-refractivity contribution is 0.0989. The van der Waals surface area contributed by atoms with Crippen LogP contribution >= 0.6 is 0 Å². The number of ketones is 1. The number of carbonyl (C=O) groups excluding carboxylic acids is 1. The van der Waals surface area contributed by atoms with Crippen LogP contribution in [-0.4, -0.2) is 28.2 Å². The number of phenols is 1. The van der Waals surface area contributed by atoms with E-state index < -0.39 is 0 Å². The number of hydrogen-bond donors (Lipinski definition) is 2. The third kappa shape index (κ3) is 3.23. The lowest BCUT2D eigenvalue weighted by atomic mass is 10.0. The molecule has 0 spiro atoms. The average molecular weight is 308 g/mol. The van der Waals surface area contributed by atoms with Crippen molar-refractivity contribution < 1.29 is 14.6 Å². The van der Waals surface area contributed by atoms with Gasteiger partial charge in [-0.3, -0.25) is 9.89 Å². The molecular formula is C18H16N2O3. The van der Waals surface area contributed by atoms with Gasteiger partial charge in [-0.1, -0.05) is 12.1 Å². The molecule has 0 saturated carbocycles. The monoisotopic (exact) mass is 308 g/mol. The maximum absolute atomic E-state index is 12.2. The first-order valence-electron chi connectivity index (χ1n) is 7.17. The summed E-state index contributed by atoms with van der Waals surface area (Å²) in [6.45, 7) is 0. The Kier molecular flexibility index (Phi) is 4.10. The first-order chi connectivity index (χ1) is 11.2. The van der Waals surface area contributed by atoms with Gasteiger partial charge in [0.25, 0.3) is 0 Å². The number of hydrogen-bond acceptors (Lipinski definition) is 4. The van der Waals surface area contributed by atoms with Crippen molar-refractivity contribution in [1.82, 2.24) is 10.2 Å². The Morgan fingerprint density at radius 1 is 1.17 bits per heavy atom. The van der Waals surface area contributed by atoms with Crippen LogP contribution in [-0.2, 0) is 6.42 Å². The smallest absolute Gasteiger partial charge is 0.172 e. The van der Waals surface area contributed by atoms with Crippen LogP contribution in [0.5, 0.6) is 11.5 Å². The zero-order chi connectivity index (χ0) is 16.2. The molecule has 0 aliphatic heterocycles. The minimum Gasteiger partial charge on any atom is -0.507 e. The summed E-state index contributed by atoms with van der Waals surface area (Å²) < 4.78 is 5.13. The van der Waals surface area contributed by atoms with E-state index in [9.17, 15) is 9.90 Å². The van der Waals surface area contributed by atoms with Gasteiger partial charge in [0.05, 0.1) is 24.8 Å². The summed E-state index contributed by atoms with van der Waals surface area (Å²) in [4.78, 5) is 12.2. The zero-order valence-electron chi connectivity index (χ0n) is 12.6. The molecule has 0 unspecified atom stereocenters. The van der Waals surface area contributed by atoms with Crippen molar-refractivity contribution >= 4 is 5.78 Å². The molecule has 5 heteroatoms. The normalized spacial score (nSPS) is 10.5. The average Bonchev–Trinajstić information content (AvgIpc) is 3.03. The van der Waals surface area contributed by atoms with E-state index in [1.807, 2.05) is 30.3 Å². The Morgan fingerprint density at radius 2 is 1.91 bits per heavy atom. The first kappa shape index (κ1) is 14.8. The topological polar surface area (TPSA) is 75.2 Å². The van der Waals surface area contributed by atoms with Gasteiger partial charge in [0, 0.05) is 11.3 Å². The Labute approximate surface area is 133 Å². The fourth-order valence-electron chi connectivity index (χ4n) is 2.34. The van der Waals surface area contributed by atoms with E-state index in [2.05, 4.69) is 10.2 Å². The van der Waals surface area contributed by atoms with Crippen LogP contribution in [0.3, 0.4) is 0 Å². The highest BCUT2D eigenvalue weighted by Crippen LogP contribution is 2.22. The molecule has 2 aromatic carbocycles. The van der Waals surface area contributed by atoms with Crippen LogP contribution < -0.4 is 4.74 Å². The van der Waals surface area contributed by atoms with Gasteiger partial charge < -0.3 is 9.84 Å². The number of nitrogens with one attached hydrogen (secondary N) is 1. The number of phenolic OH excluding ortho intramolecular Hbond substituents is 1. The van der Waals surface area contributed by atoms with E-state index in [0.29, 0.717) is 11.3 Å². The van der Waals surface area contributed by atoms with Gasteiger partial charge >= 0.3 is 0 Å². The van der Waals surface area contributed by atoms with Gasteiger partial charge in [0.2, 0.25) is 0 Å². The third-order valence-electron chi connectivity index (χ3n) is 3.57. The minimum atomic E-state index is -0.159. The molecule has 1 aromatic heterocycles. The van der Waals surface area contributed by atoms with Crippen LogP contribution in [0.1, 0.15) is 16.1 Å². The van der Waals surface area contributed by atoms with Crippen molar-refractivity contribution in [2.75, 3.05) is 7.11 Å². The molecule has 2 N–H and O–H groups in total. The van der Waals surface area contributed by atoms with Gasteiger partial charge in [0.15, 0.2) is 5.78 Å². The molecule has 0 aliphatic carbocycles. The molecule has 0 amide bonds. The van der Waals surface area contributed by atoms with Gasteiger partial charge in [0.1, 0.15) is 11.5 Å². The van der Waals surface area contributed by atoms with Gasteiger partial charge in [-0.05, 0) is 42.5 Å². The zero-order valence-corrected chi connectivity index (χ0v) is 12.6. The van der Waals surface area contributed by atoms with Crippen molar-refractivity contribution in [3.05, 3.63) is 65.9 Å². The number of benzene rings is 2. The molecule has 0 saturated heterocycles. The SMILES string of the molecule is COc1ccc(-c2cc(CC(=O)c3ccccc3O)[nH]n2)cc1. The fraction of sp³-hybridized carbons (Fsp3) is 0.111. The largest absolute Gasteiger partial charge is 0.507 e. The molecule has 5 nitrogen and oxygen atoms in total. The van der Waals surface area contributed by atoms with Gasteiger partial charge in [-0.25, -0.2) is 0 Å². The number of carbonyl (C=O) groups is 1. The number of H-pyrrole nitrogens is 1. The molecule has 3 aromatic rings. The van der Waals surface area contributed by atoms with Crippen LogP contribution in [0.4, 0.5) is 0 Å². The predicted octanol–water partition coefficient (Wildman–Crippen LogP) is 3.22. The number of nitrogens with zero attached hydrogens (tertiary/aromatic N) is 1. The predicted molar refractivity (Wildman–Crippen MR) is 86.7 cm³/mol. The van der Waals surface area contributed by atoms with Crippen LogP contribution in [0.25, 0.3) is 11.3 Å². The standard InChI is InChI=1S/C18H16N2O3/c1-23-14-8-6-12(7-9-14)16-10-13(19-20-16)11-18(22)15-4-2-3-5-17(15)21/h2-10,21H,11H2,1H3,(H,19,20). The maximum atomic E-state index is 12.2. The second-order valence-electron chi connectivity index (χ2n) is 5.12. The van der Waals surface area contributed by atoms with Crippen LogP contribution in [0, 0.1) is 0 Å². The number of para-hydroxylation sites is 1. The summed E-state index contributed by atoms with van der Waals surface area (Å²) in [5.74, 6) is 0.611. The molecule has 116 valence electrons. The number of methoxy groups -OCH3 is 1. The van der Waals surface area contributed by atoms with Crippen LogP contribution in [0.2, 0.25) is 0 Å². The lowest BCUT2D eigenvalue weighted by Gasteiger charge is -2.01. The first-order valence-corrected chi connectivity index (χ1v) is 7.17. The summed E-state index contributed by atoms with van der Waals surface area (Å²) in [5.41, 5.74) is 2.70. The van der Waals surface area contributed by atoms with E-state index in [1.54, 1.807) is 25.3 Å². The quantitative estimate of drug-likeness (QED) is 0.710. The molecular weight excluding hydrogens is 292 g/mol. The maximum Gasteiger partial charge on any atom is 0.172 e. The van der Waals surface area contributed by atoms with Crippen molar-refractivity contribution in [3.8, 4) is 22.8 Å². The van der Waals surface area contributed by atoms with E-state index in [0.717, 1.165) is 17.0 Å². The molecule has 0 atom stereocenters. The Bertz CT molecular complexity index is 822. The summed E-state index contributed by atoms with van der Waals surface area (Å²) in [6, 6.07) is 15.9. The van der Waals surface area contributed by atoms with E-state index in [4.69, 9.17) is 4.74 Å². The second kappa shape index (κ2) is 6.36. The summed E-state index contributed by atoms with van der Waals surface area (Å²) >= 11 is 0. The molecule has 0 bridgehead atoms. The summed E-state index contributed by atoms with van der Waals surface area (Å²) in [7, 11) is 1.62. The molecule has 1 heterocycles. The fourth-order valence-corrected chi connectivity index (χ4v) is 2.34. The van der Waals surface area contributed by atoms with Crippen molar-refractivity contribution in [2.24, 2.45) is 0 Å². The highest BCUT2D eigenvalue weighted by Gasteiger charge is 2.13. The summed E-state index contributed by atoms with van der Waals surface area (Å²) in [6.07, 6.45) is 0.154. The van der Waals surface area contributed by atoms with E-state index in [-0.39, 0.29) is 18.0 Å². The van der Waals surface area contributed by atoms with Crippen molar-refractivity contribution in [3.63, 3.8) is 0 Å². The Balaban J connectivity index is 1.76. The van der Waals surface area contributed by atoms with E-state index in [1.165, 1.54) is 6.07 Å². The van der Waals surface area contributed by atoms with Crippen LogP contribution in [0.15, 0.2) is 54.6 Å². The highest BCUT2D eigenvalue weighted by atomic mass is 16.5. The van der Waals surface area contributed by atoms with Crippen molar-refractivity contribution in [2.45, 2.75) is 6.42 Å². The third-order valence-corrected chi connectivity index (χ3v) is 3.57. The number of rotatable bonds is 5. The number of ether oxygens (including phenoxy) is 1. The number of aromatic nitrogens is 2. The number of aromatic amines is 1. The number of aromatic hydroxyl groups is 1.